The van der Waals surface area contributed by atoms with E-state index in [1.165, 1.54) is 47.1 Å². The van der Waals surface area contributed by atoms with E-state index in [9.17, 15) is 0 Å². The Hall–Kier alpha value is -14.1. The van der Waals surface area contributed by atoms with E-state index in [0.29, 0.717) is 0 Å². The van der Waals surface area contributed by atoms with Crippen LogP contribution < -0.4 is 0 Å². The SMILES string of the molecule is c1ccc(-c2nc3c(ccc4ccccc43)nc2-c2ccc3c(ccc4oc5ccccc5c43)c2)cc1.c1ccc(-c2nc3ccc4ccccc4c3nc2-c2ccc3c(ccc4sc5ccccc5c43)c2)cc1.c1ccc(-c2nc3ccccc3nc2-c2ccc3c(ccc4oc5ccccc5c43)c2)cc1. The van der Waals surface area contributed by atoms with Crippen molar-refractivity contribution < 1.29 is 8.83 Å². The largest absolute Gasteiger partial charge is 0.456 e. The molecule has 0 spiro atoms. The summed E-state index contributed by atoms with van der Waals surface area (Å²) in [4.78, 5) is 31.0. The van der Waals surface area contributed by atoms with E-state index >= 15 is 0 Å². The smallest absolute Gasteiger partial charge is 0.136 e. The zero-order chi connectivity index (χ0) is 70.5. The lowest BCUT2D eigenvalue weighted by Crippen LogP contribution is -1.96. The molecule has 0 aliphatic heterocycles. The molecule has 107 heavy (non-hydrogen) atoms. The summed E-state index contributed by atoms with van der Waals surface area (Å²) in [7, 11) is 0. The first-order valence-corrected chi connectivity index (χ1v) is 36.7. The number of hydrogen-bond acceptors (Lipinski definition) is 9. The maximum atomic E-state index is 6.11. The van der Waals surface area contributed by atoms with Gasteiger partial charge in [-0.05, 0) is 122 Å². The van der Waals surface area contributed by atoms with Gasteiger partial charge in [-0.15, -0.1) is 11.3 Å². The first-order valence-electron chi connectivity index (χ1n) is 35.9. The Bertz CT molecular complexity index is 7520. The minimum atomic E-state index is 0.882. The number of fused-ring (bicyclic) bond motifs is 22. The fourth-order valence-electron chi connectivity index (χ4n) is 15.7. The van der Waals surface area contributed by atoms with Crippen LogP contribution in [0.1, 0.15) is 0 Å². The molecule has 0 aliphatic rings. The van der Waals surface area contributed by atoms with E-state index < -0.39 is 0 Å². The van der Waals surface area contributed by atoms with Crippen LogP contribution in [0.4, 0.5) is 0 Å². The summed E-state index contributed by atoms with van der Waals surface area (Å²) in [5, 5.41) is 19.0. The molecule has 0 atom stereocenters. The molecule has 0 N–H and O–H groups in total. The molecule has 23 rings (SSSR count). The molecule has 0 unspecified atom stereocenters. The van der Waals surface area contributed by atoms with Crippen LogP contribution in [-0.4, -0.2) is 29.9 Å². The number of hydrogen-bond donors (Lipinski definition) is 0. The second-order valence-electron chi connectivity index (χ2n) is 27.1. The Balaban J connectivity index is 0.000000103. The van der Waals surface area contributed by atoms with Crippen LogP contribution in [0.2, 0.25) is 0 Å². The Morgan fingerprint density at radius 2 is 0.533 bits per heavy atom. The first-order chi connectivity index (χ1) is 53.0. The van der Waals surface area contributed by atoms with Crippen molar-refractivity contribution in [1.82, 2.24) is 29.9 Å². The number of furan rings is 2. The Morgan fingerprint density at radius 1 is 0.187 bits per heavy atom. The van der Waals surface area contributed by atoms with Crippen LogP contribution in [0.25, 0.3) is 219 Å². The summed E-state index contributed by atoms with van der Waals surface area (Å²) in [6.07, 6.45) is 0. The molecule has 0 aliphatic carbocycles. The quantitative estimate of drug-likeness (QED) is 0.152. The molecule has 0 amide bonds. The van der Waals surface area contributed by atoms with Crippen molar-refractivity contribution in [2.45, 2.75) is 0 Å². The standard InChI is InChI=1S/C34H20N2O.C34H20N2S.C30H18N2O/c1-2-9-22(10-3-1)32-33(35-28-18-15-21-8-4-5-11-26(21)34(28)36-32)24-14-17-25-23(20-24)16-19-30-31(25)27-12-6-7-13-29(27)37-30;1-2-9-22(10-3-1)32-33(36-34-26-11-5-4-8-21(26)15-18-28(34)35-32)24-14-17-25-23(20-24)16-19-30-31(25)27-12-6-7-13-29(27)37-30;1-2-8-19(9-3-1)29-30(32-25-12-6-5-11-24(25)31-29)21-14-16-22-20(18-21)15-17-27-28(22)23-10-4-7-13-26(23)33-27/h2*1-20H;1-18H. The molecule has 6 heterocycles. The van der Waals surface area contributed by atoms with Gasteiger partial charge in [0.05, 0.1) is 67.3 Å². The number of para-hydroxylation sites is 4. The fourth-order valence-corrected chi connectivity index (χ4v) is 16.8. The molecule has 498 valence electrons. The van der Waals surface area contributed by atoms with Gasteiger partial charge in [0.25, 0.3) is 0 Å². The third-order valence-corrected chi connectivity index (χ3v) is 21.9. The summed E-state index contributed by atoms with van der Waals surface area (Å²) in [6, 6.07) is 122. The summed E-state index contributed by atoms with van der Waals surface area (Å²) in [6.45, 7) is 0. The molecule has 8 nitrogen and oxygen atoms in total. The molecule has 0 fully saturated rings. The summed E-state index contributed by atoms with van der Waals surface area (Å²) < 4.78 is 14.8. The van der Waals surface area contributed by atoms with Crippen molar-refractivity contribution in [3.8, 4) is 67.5 Å². The van der Waals surface area contributed by atoms with Gasteiger partial charge < -0.3 is 8.83 Å². The number of aromatic nitrogens is 6. The van der Waals surface area contributed by atoms with Crippen LogP contribution in [0.5, 0.6) is 0 Å². The summed E-state index contributed by atoms with van der Waals surface area (Å²) >= 11 is 1.86. The van der Waals surface area contributed by atoms with Crippen LogP contribution in [-0.2, 0) is 0 Å². The normalized spacial score (nSPS) is 11.7. The van der Waals surface area contributed by atoms with Crippen molar-refractivity contribution in [3.63, 3.8) is 0 Å². The van der Waals surface area contributed by atoms with Crippen molar-refractivity contribution in [2.24, 2.45) is 0 Å². The average molecular weight is 1380 g/mol. The zero-order valence-corrected chi connectivity index (χ0v) is 58.2. The molecule has 0 saturated heterocycles. The number of thiophene rings is 1. The van der Waals surface area contributed by atoms with Crippen molar-refractivity contribution >= 4 is 162 Å². The average Bonchev–Trinajstić information content (AvgIpc) is 0.903. The van der Waals surface area contributed by atoms with Gasteiger partial charge in [-0.2, -0.15) is 0 Å². The predicted octanol–water partition coefficient (Wildman–Crippen LogP) is 26.8. The molecule has 23 aromatic rings. The Labute approximate surface area is 616 Å². The van der Waals surface area contributed by atoms with Crippen LogP contribution in [0.3, 0.4) is 0 Å². The van der Waals surface area contributed by atoms with Gasteiger partial charge in [0.15, 0.2) is 0 Å². The summed E-state index contributed by atoms with van der Waals surface area (Å²) in [5.41, 5.74) is 20.8. The molecule has 0 bridgehead atoms. The topological polar surface area (TPSA) is 104 Å². The van der Waals surface area contributed by atoms with E-state index in [-0.39, 0.29) is 0 Å². The lowest BCUT2D eigenvalue weighted by Gasteiger charge is -2.13. The van der Waals surface area contributed by atoms with Crippen molar-refractivity contribution in [1.29, 1.82) is 0 Å². The van der Waals surface area contributed by atoms with Crippen LogP contribution in [0, 0.1) is 0 Å². The van der Waals surface area contributed by atoms with Crippen molar-refractivity contribution in [3.05, 3.63) is 352 Å². The highest BCUT2D eigenvalue weighted by Crippen LogP contribution is 2.44. The Morgan fingerprint density at radius 3 is 1.01 bits per heavy atom. The van der Waals surface area contributed by atoms with Gasteiger partial charge in [-0.3, -0.25) is 0 Å². The third-order valence-electron chi connectivity index (χ3n) is 20.7. The third kappa shape index (κ3) is 10.7. The second kappa shape index (κ2) is 25.4. The van der Waals surface area contributed by atoms with Gasteiger partial charge in [0.1, 0.15) is 22.3 Å². The molecule has 6 aromatic heterocycles. The molecule has 0 saturated carbocycles. The fraction of sp³-hybridized carbons (Fsp3) is 0. The van der Waals surface area contributed by atoms with Crippen LogP contribution >= 0.6 is 11.3 Å². The van der Waals surface area contributed by atoms with Gasteiger partial charge in [0, 0.05) is 85.9 Å². The van der Waals surface area contributed by atoms with Crippen LogP contribution in [0.15, 0.2) is 361 Å². The van der Waals surface area contributed by atoms with E-state index in [4.69, 9.17) is 38.7 Å². The van der Waals surface area contributed by atoms with E-state index in [0.717, 1.165) is 171 Å². The number of nitrogens with zero attached hydrogens (tertiary/aromatic N) is 6. The maximum absolute atomic E-state index is 6.11. The molecular formula is C98H58N6O2S. The van der Waals surface area contributed by atoms with Gasteiger partial charge >= 0.3 is 0 Å². The first kappa shape index (κ1) is 61.5. The molecule has 9 heteroatoms. The lowest BCUT2D eigenvalue weighted by molar-refractivity contribution is 0.669. The van der Waals surface area contributed by atoms with Gasteiger partial charge in [-0.25, -0.2) is 29.9 Å². The van der Waals surface area contributed by atoms with E-state index in [1.54, 1.807) is 0 Å². The minimum Gasteiger partial charge on any atom is -0.456 e. The van der Waals surface area contributed by atoms with E-state index in [2.05, 4.69) is 273 Å². The summed E-state index contributed by atoms with van der Waals surface area (Å²) in [5.74, 6) is 0. The minimum absolute atomic E-state index is 0.882. The molecule has 0 radical (unpaired) electrons. The highest BCUT2D eigenvalue weighted by molar-refractivity contribution is 7.26. The Kier molecular flexibility index (Phi) is 14.6. The van der Waals surface area contributed by atoms with E-state index in [1.807, 2.05) is 90.2 Å². The monoisotopic (exact) mass is 1380 g/mol. The van der Waals surface area contributed by atoms with Gasteiger partial charge in [-0.1, -0.05) is 273 Å². The lowest BCUT2D eigenvalue weighted by atomic mass is 9.98. The number of rotatable bonds is 6. The predicted molar refractivity (Wildman–Crippen MR) is 446 cm³/mol. The maximum Gasteiger partial charge on any atom is 0.136 e. The zero-order valence-electron chi connectivity index (χ0n) is 57.4. The second-order valence-corrected chi connectivity index (χ2v) is 28.2. The molecular weight excluding hydrogens is 1330 g/mol. The number of benzene rings is 17. The highest BCUT2D eigenvalue weighted by atomic mass is 32.1. The highest BCUT2D eigenvalue weighted by Gasteiger charge is 2.21. The van der Waals surface area contributed by atoms with Crippen molar-refractivity contribution in [2.75, 3.05) is 0 Å². The van der Waals surface area contributed by atoms with Gasteiger partial charge in [0.2, 0.25) is 0 Å². The molecule has 17 aromatic carbocycles.